The standard InChI is InChI=1S/C16H17N3/c1-11-5-3-6-13(12(11)2)14-7-4-8-19-15(14)10-18-16(19)9-17/h3-8,10H,9,17H2,1-2H3. The normalized spacial score (nSPS) is 11.1. The first-order valence-electron chi connectivity index (χ1n) is 6.44. The van der Waals surface area contributed by atoms with Crippen molar-refractivity contribution in [1.29, 1.82) is 0 Å². The summed E-state index contributed by atoms with van der Waals surface area (Å²) in [5.74, 6) is 0.891. The third kappa shape index (κ3) is 1.83. The molecule has 3 rings (SSSR count). The van der Waals surface area contributed by atoms with Crippen LogP contribution in [0.5, 0.6) is 0 Å². The SMILES string of the molecule is Cc1cccc(-c2cccn3c(CN)ncc23)c1C. The van der Waals surface area contributed by atoms with Gasteiger partial charge in [0, 0.05) is 11.8 Å². The average molecular weight is 251 g/mol. The van der Waals surface area contributed by atoms with Crippen LogP contribution in [0.2, 0.25) is 0 Å². The van der Waals surface area contributed by atoms with Gasteiger partial charge in [-0.15, -0.1) is 0 Å². The zero-order valence-electron chi connectivity index (χ0n) is 11.2. The molecular formula is C16H17N3. The van der Waals surface area contributed by atoms with Crippen LogP contribution in [0.15, 0.2) is 42.7 Å². The molecule has 0 unspecified atom stereocenters. The van der Waals surface area contributed by atoms with E-state index in [1.807, 2.05) is 18.5 Å². The minimum atomic E-state index is 0.449. The Morgan fingerprint density at radius 2 is 1.89 bits per heavy atom. The van der Waals surface area contributed by atoms with Crippen molar-refractivity contribution in [3.05, 3.63) is 59.7 Å². The molecule has 3 heteroatoms. The van der Waals surface area contributed by atoms with E-state index in [0.717, 1.165) is 11.3 Å². The van der Waals surface area contributed by atoms with Gasteiger partial charge in [0.25, 0.3) is 0 Å². The second-order valence-corrected chi connectivity index (χ2v) is 4.80. The summed E-state index contributed by atoms with van der Waals surface area (Å²) in [5, 5.41) is 0. The third-order valence-electron chi connectivity index (χ3n) is 3.72. The van der Waals surface area contributed by atoms with Crippen molar-refractivity contribution in [3.63, 3.8) is 0 Å². The van der Waals surface area contributed by atoms with Crippen LogP contribution in [0.3, 0.4) is 0 Å². The van der Waals surface area contributed by atoms with Crippen LogP contribution in [0.1, 0.15) is 17.0 Å². The van der Waals surface area contributed by atoms with Gasteiger partial charge in [-0.05, 0) is 36.6 Å². The van der Waals surface area contributed by atoms with E-state index in [1.54, 1.807) is 0 Å². The Morgan fingerprint density at radius 3 is 2.68 bits per heavy atom. The van der Waals surface area contributed by atoms with Gasteiger partial charge in [-0.2, -0.15) is 0 Å². The molecule has 0 saturated carbocycles. The van der Waals surface area contributed by atoms with Gasteiger partial charge in [0.1, 0.15) is 5.82 Å². The Balaban J connectivity index is 2.31. The zero-order valence-corrected chi connectivity index (χ0v) is 11.2. The summed E-state index contributed by atoms with van der Waals surface area (Å²) in [5.41, 5.74) is 11.9. The lowest BCUT2D eigenvalue weighted by molar-refractivity contribution is 0.904. The molecule has 0 aliphatic rings. The van der Waals surface area contributed by atoms with E-state index in [-0.39, 0.29) is 0 Å². The van der Waals surface area contributed by atoms with Gasteiger partial charge in [-0.1, -0.05) is 24.3 Å². The van der Waals surface area contributed by atoms with E-state index in [1.165, 1.54) is 22.3 Å². The highest BCUT2D eigenvalue weighted by atomic mass is 15.0. The number of nitrogens with two attached hydrogens (primary N) is 1. The number of fused-ring (bicyclic) bond motifs is 1. The van der Waals surface area contributed by atoms with Crippen LogP contribution < -0.4 is 5.73 Å². The number of hydrogen-bond donors (Lipinski definition) is 1. The van der Waals surface area contributed by atoms with E-state index in [9.17, 15) is 0 Å². The molecule has 0 bridgehead atoms. The fourth-order valence-electron chi connectivity index (χ4n) is 2.50. The van der Waals surface area contributed by atoms with Gasteiger partial charge in [0.05, 0.1) is 18.3 Å². The Hall–Kier alpha value is -2.13. The van der Waals surface area contributed by atoms with E-state index in [0.29, 0.717) is 6.54 Å². The van der Waals surface area contributed by atoms with Crippen molar-refractivity contribution in [1.82, 2.24) is 9.38 Å². The maximum Gasteiger partial charge on any atom is 0.127 e. The number of aryl methyl sites for hydroxylation is 1. The van der Waals surface area contributed by atoms with Crippen LogP contribution in [-0.4, -0.2) is 9.38 Å². The van der Waals surface area contributed by atoms with Crippen LogP contribution >= 0.6 is 0 Å². The molecule has 0 radical (unpaired) electrons. The van der Waals surface area contributed by atoms with E-state index >= 15 is 0 Å². The van der Waals surface area contributed by atoms with Crippen molar-refractivity contribution < 1.29 is 0 Å². The highest BCUT2D eigenvalue weighted by Crippen LogP contribution is 2.29. The minimum Gasteiger partial charge on any atom is -0.324 e. The molecule has 2 heterocycles. The van der Waals surface area contributed by atoms with Crippen molar-refractivity contribution in [2.24, 2.45) is 5.73 Å². The molecule has 1 aromatic carbocycles. The maximum absolute atomic E-state index is 5.72. The molecule has 0 aliphatic heterocycles. The summed E-state index contributed by atoms with van der Waals surface area (Å²) in [7, 11) is 0. The van der Waals surface area contributed by atoms with Crippen LogP contribution in [0.4, 0.5) is 0 Å². The number of pyridine rings is 1. The number of nitrogens with zero attached hydrogens (tertiary/aromatic N) is 2. The lowest BCUT2D eigenvalue weighted by Gasteiger charge is -2.10. The van der Waals surface area contributed by atoms with Gasteiger partial charge >= 0.3 is 0 Å². The molecule has 0 fully saturated rings. The zero-order chi connectivity index (χ0) is 13.4. The number of aromatic nitrogens is 2. The van der Waals surface area contributed by atoms with Crippen molar-refractivity contribution in [3.8, 4) is 11.1 Å². The molecule has 19 heavy (non-hydrogen) atoms. The number of rotatable bonds is 2. The summed E-state index contributed by atoms with van der Waals surface area (Å²) in [4.78, 5) is 4.39. The molecule has 0 saturated heterocycles. The lowest BCUT2D eigenvalue weighted by atomic mass is 9.97. The number of benzene rings is 1. The Bertz CT molecular complexity index is 741. The molecule has 0 amide bonds. The fraction of sp³-hybridized carbons (Fsp3) is 0.188. The molecule has 3 nitrogen and oxygen atoms in total. The quantitative estimate of drug-likeness (QED) is 0.760. The van der Waals surface area contributed by atoms with Gasteiger partial charge < -0.3 is 10.1 Å². The Kier molecular flexibility index (Phi) is 2.84. The average Bonchev–Trinajstić information content (AvgIpc) is 2.85. The first kappa shape index (κ1) is 11.9. The van der Waals surface area contributed by atoms with Gasteiger partial charge in [0.2, 0.25) is 0 Å². The summed E-state index contributed by atoms with van der Waals surface area (Å²) in [6, 6.07) is 10.6. The maximum atomic E-state index is 5.72. The second-order valence-electron chi connectivity index (χ2n) is 4.80. The van der Waals surface area contributed by atoms with E-state index in [2.05, 4.69) is 47.5 Å². The lowest BCUT2D eigenvalue weighted by Crippen LogP contribution is -2.02. The van der Waals surface area contributed by atoms with Crippen LogP contribution in [0.25, 0.3) is 16.6 Å². The van der Waals surface area contributed by atoms with E-state index in [4.69, 9.17) is 5.73 Å². The molecule has 2 aromatic heterocycles. The molecule has 3 aromatic rings. The third-order valence-corrected chi connectivity index (χ3v) is 3.72. The van der Waals surface area contributed by atoms with E-state index < -0.39 is 0 Å². The minimum absolute atomic E-state index is 0.449. The monoisotopic (exact) mass is 251 g/mol. The number of hydrogen-bond acceptors (Lipinski definition) is 2. The summed E-state index contributed by atoms with van der Waals surface area (Å²) in [6.07, 6.45) is 3.92. The first-order valence-corrected chi connectivity index (χ1v) is 6.44. The van der Waals surface area contributed by atoms with Gasteiger partial charge in [-0.25, -0.2) is 4.98 Å². The summed E-state index contributed by atoms with van der Waals surface area (Å²) in [6.45, 7) is 4.75. The molecular weight excluding hydrogens is 234 g/mol. The van der Waals surface area contributed by atoms with Gasteiger partial charge in [0.15, 0.2) is 0 Å². The van der Waals surface area contributed by atoms with Gasteiger partial charge in [-0.3, -0.25) is 0 Å². The fourth-order valence-corrected chi connectivity index (χ4v) is 2.50. The predicted molar refractivity (Wildman–Crippen MR) is 78.0 cm³/mol. The summed E-state index contributed by atoms with van der Waals surface area (Å²) < 4.78 is 2.07. The van der Waals surface area contributed by atoms with Crippen molar-refractivity contribution in [2.75, 3.05) is 0 Å². The highest BCUT2D eigenvalue weighted by Gasteiger charge is 2.10. The predicted octanol–water partition coefficient (Wildman–Crippen LogP) is 3.08. The van der Waals surface area contributed by atoms with Crippen molar-refractivity contribution >= 4 is 5.52 Å². The molecule has 96 valence electrons. The molecule has 0 atom stereocenters. The number of imidazole rings is 1. The van der Waals surface area contributed by atoms with Crippen LogP contribution in [0, 0.1) is 13.8 Å². The molecule has 0 aliphatic carbocycles. The second kappa shape index (κ2) is 4.52. The van der Waals surface area contributed by atoms with Crippen molar-refractivity contribution in [2.45, 2.75) is 20.4 Å². The molecule has 0 spiro atoms. The largest absolute Gasteiger partial charge is 0.324 e. The highest BCUT2D eigenvalue weighted by molar-refractivity contribution is 5.82. The smallest absolute Gasteiger partial charge is 0.127 e. The first-order chi connectivity index (χ1) is 9.22. The molecule has 2 N–H and O–H groups in total. The topological polar surface area (TPSA) is 43.3 Å². The Labute approximate surface area is 112 Å². The summed E-state index contributed by atoms with van der Waals surface area (Å²) >= 11 is 0. The Morgan fingerprint density at radius 1 is 1.11 bits per heavy atom. The van der Waals surface area contributed by atoms with Crippen LogP contribution in [-0.2, 0) is 6.54 Å².